The molecule has 1 aromatic rings. The van der Waals surface area contributed by atoms with Gasteiger partial charge in [-0.2, -0.15) is 5.26 Å². The summed E-state index contributed by atoms with van der Waals surface area (Å²) in [5.41, 5.74) is 2.17. The van der Waals surface area contributed by atoms with Crippen LogP contribution in [0.2, 0.25) is 0 Å². The lowest BCUT2D eigenvalue weighted by Gasteiger charge is -2.19. The standard InChI is InChI=1S/C14H18N2/c1-14(2)8-7-12(9-14)16-13-6-4-3-5-11(13)10-15/h3-6,12,16H,7-9H2,1-2H3. The second kappa shape index (κ2) is 4.17. The van der Waals surface area contributed by atoms with Crippen molar-refractivity contribution in [3.05, 3.63) is 29.8 Å². The Kier molecular flexibility index (Phi) is 2.87. The Morgan fingerprint density at radius 2 is 2.12 bits per heavy atom. The predicted octanol–water partition coefficient (Wildman–Crippen LogP) is 3.55. The Balaban J connectivity index is 2.08. The summed E-state index contributed by atoms with van der Waals surface area (Å²) in [6.07, 6.45) is 3.65. The number of nitrogens with one attached hydrogen (secondary N) is 1. The molecule has 1 aliphatic rings. The van der Waals surface area contributed by atoms with Crippen LogP contribution in [-0.2, 0) is 0 Å². The summed E-state index contributed by atoms with van der Waals surface area (Å²) < 4.78 is 0. The van der Waals surface area contributed by atoms with Gasteiger partial charge in [0.25, 0.3) is 0 Å². The van der Waals surface area contributed by atoms with Crippen LogP contribution in [0.25, 0.3) is 0 Å². The van der Waals surface area contributed by atoms with Crippen LogP contribution in [-0.4, -0.2) is 6.04 Å². The van der Waals surface area contributed by atoms with Crippen molar-refractivity contribution < 1.29 is 0 Å². The van der Waals surface area contributed by atoms with Crippen molar-refractivity contribution in [2.45, 2.75) is 39.2 Å². The number of para-hydroxylation sites is 1. The zero-order valence-electron chi connectivity index (χ0n) is 9.96. The van der Waals surface area contributed by atoms with Gasteiger partial charge in [-0.15, -0.1) is 0 Å². The van der Waals surface area contributed by atoms with Gasteiger partial charge in [-0.1, -0.05) is 26.0 Å². The molecule has 2 rings (SSSR count). The minimum atomic E-state index is 0.444. The van der Waals surface area contributed by atoms with Gasteiger partial charge in [-0.25, -0.2) is 0 Å². The SMILES string of the molecule is CC1(C)CCC(Nc2ccccc2C#N)C1. The molecule has 2 heteroatoms. The molecular weight excluding hydrogens is 196 g/mol. The van der Waals surface area contributed by atoms with E-state index >= 15 is 0 Å². The van der Waals surface area contributed by atoms with Crippen LogP contribution in [0.4, 0.5) is 5.69 Å². The van der Waals surface area contributed by atoms with Crippen molar-refractivity contribution in [3.8, 4) is 6.07 Å². The quantitative estimate of drug-likeness (QED) is 0.817. The first-order valence-electron chi connectivity index (χ1n) is 5.86. The monoisotopic (exact) mass is 214 g/mol. The maximum Gasteiger partial charge on any atom is 0.101 e. The highest BCUT2D eigenvalue weighted by atomic mass is 14.9. The molecule has 1 saturated carbocycles. The van der Waals surface area contributed by atoms with Crippen molar-refractivity contribution >= 4 is 5.69 Å². The van der Waals surface area contributed by atoms with Crippen LogP contribution in [0.3, 0.4) is 0 Å². The van der Waals surface area contributed by atoms with E-state index in [0.29, 0.717) is 11.5 Å². The molecule has 0 amide bonds. The van der Waals surface area contributed by atoms with E-state index in [2.05, 4.69) is 25.2 Å². The maximum atomic E-state index is 9.01. The third-order valence-corrected chi connectivity index (χ3v) is 3.38. The Morgan fingerprint density at radius 3 is 2.75 bits per heavy atom. The predicted molar refractivity (Wildman–Crippen MR) is 66.2 cm³/mol. The second-order valence-corrected chi connectivity index (χ2v) is 5.41. The first-order valence-corrected chi connectivity index (χ1v) is 5.86. The number of hydrogen-bond donors (Lipinski definition) is 1. The average Bonchev–Trinajstić information content (AvgIpc) is 2.59. The van der Waals surface area contributed by atoms with E-state index in [9.17, 15) is 0 Å². The lowest BCUT2D eigenvalue weighted by atomic mass is 9.92. The third kappa shape index (κ3) is 2.36. The maximum absolute atomic E-state index is 9.01. The van der Waals surface area contributed by atoms with Gasteiger partial charge in [0.05, 0.1) is 11.3 Å². The fourth-order valence-corrected chi connectivity index (χ4v) is 2.49. The van der Waals surface area contributed by atoms with Crippen LogP contribution in [0, 0.1) is 16.7 Å². The molecule has 0 bridgehead atoms. The fourth-order valence-electron chi connectivity index (χ4n) is 2.49. The van der Waals surface area contributed by atoms with Crippen LogP contribution >= 0.6 is 0 Å². The molecule has 1 unspecified atom stereocenters. The van der Waals surface area contributed by atoms with Gasteiger partial charge < -0.3 is 5.32 Å². The zero-order valence-corrected chi connectivity index (χ0v) is 9.96. The van der Waals surface area contributed by atoms with Gasteiger partial charge in [0, 0.05) is 6.04 Å². The minimum absolute atomic E-state index is 0.444. The highest BCUT2D eigenvalue weighted by molar-refractivity contribution is 5.57. The third-order valence-electron chi connectivity index (χ3n) is 3.38. The Morgan fingerprint density at radius 1 is 1.38 bits per heavy atom. The summed E-state index contributed by atoms with van der Waals surface area (Å²) in [4.78, 5) is 0. The first-order chi connectivity index (χ1) is 7.61. The van der Waals surface area contributed by atoms with Gasteiger partial charge in [0.2, 0.25) is 0 Å². The van der Waals surface area contributed by atoms with Gasteiger partial charge in [-0.05, 0) is 36.8 Å². The van der Waals surface area contributed by atoms with Crippen molar-refractivity contribution in [1.82, 2.24) is 0 Å². The molecular formula is C14H18N2. The largest absolute Gasteiger partial charge is 0.381 e. The van der Waals surface area contributed by atoms with Crippen molar-refractivity contribution in [2.24, 2.45) is 5.41 Å². The molecule has 1 aromatic carbocycles. The Hall–Kier alpha value is -1.49. The van der Waals surface area contributed by atoms with Crippen LogP contribution in [0.5, 0.6) is 0 Å². The van der Waals surface area contributed by atoms with E-state index in [4.69, 9.17) is 5.26 Å². The van der Waals surface area contributed by atoms with Gasteiger partial charge >= 0.3 is 0 Å². The summed E-state index contributed by atoms with van der Waals surface area (Å²) in [5.74, 6) is 0. The average molecular weight is 214 g/mol. The highest BCUT2D eigenvalue weighted by Gasteiger charge is 2.30. The van der Waals surface area contributed by atoms with Crippen LogP contribution in [0.15, 0.2) is 24.3 Å². The number of benzene rings is 1. The summed E-state index contributed by atoms with van der Waals surface area (Å²) in [6.45, 7) is 4.62. The van der Waals surface area contributed by atoms with E-state index in [-0.39, 0.29) is 0 Å². The normalized spacial score (nSPS) is 22.7. The lowest BCUT2D eigenvalue weighted by Crippen LogP contribution is -2.18. The van der Waals surface area contributed by atoms with E-state index in [1.807, 2.05) is 24.3 Å². The van der Waals surface area contributed by atoms with Gasteiger partial charge in [-0.3, -0.25) is 0 Å². The molecule has 0 saturated heterocycles. The Labute approximate surface area is 97.3 Å². The molecule has 1 aliphatic carbocycles. The minimum Gasteiger partial charge on any atom is -0.381 e. The van der Waals surface area contributed by atoms with Crippen molar-refractivity contribution in [1.29, 1.82) is 5.26 Å². The van der Waals surface area contributed by atoms with E-state index < -0.39 is 0 Å². The molecule has 16 heavy (non-hydrogen) atoms. The molecule has 0 heterocycles. The van der Waals surface area contributed by atoms with Crippen LogP contribution in [0.1, 0.15) is 38.7 Å². The van der Waals surface area contributed by atoms with Crippen LogP contribution < -0.4 is 5.32 Å². The number of nitrogens with zero attached hydrogens (tertiary/aromatic N) is 1. The Bertz CT molecular complexity index is 415. The van der Waals surface area contributed by atoms with Gasteiger partial charge in [0.1, 0.15) is 6.07 Å². The molecule has 1 atom stereocenters. The molecule has 0 spiro atoms. The summed E-state index contributed by atoms with van der Waals surface area (Å²) in [5, 5.41) is 12.5. The lowest BCUT2D eigenvalue weighted by molar-refractivity contribution is 0.378. The second-order valence-electron chi connectivity index (χ2n) is 5.41. The molecule has 84 valence electrons. The first kappa shape index (κ1) is 11.0. The summed E-state index contributed by atoms with van der Waals surface area (Å²) >= 11 is 0. The molecule has 2 nitrogen and oxygen atoms in total. The summed E-state index contributed by atoms with van der Waals surface area (Å²) in [6, 6.07) is 10.5. The van der Waals surface area contributed by atoms with E-state index in [0.717, 1.165) is 11.3 Å². The zero-order chi connectivity index (χ0) is 11.6. The topological polar surface area (TPSA) is 35.8 Å². The molecule has 0 radical (unpaired) electrons. The van der Waals surface area contributed by atoms with E-state index in [1.165, 1.54) is 19.3 Å². The highest BCUT2D eigenvalue weighted by Crippen LogP contribution is 2.38. The molecule has 0 aliphatic heterocycles. The number of anilines is 1. The number of nitriles is 1. The smallest absolute Gasteiger partial charge is 0.101 e. The van der Waals surface area contributed by atoms with E-state index in [1.54, 1.807) is 0 Å². The molecule has 0 aromatic heterocycles. The fraction of sp³-hybridized carbons (Fsp3) is 0.500. The summed E-state index contributed by atoms with van der Waals surface area (Å²) in [7, 11) is 0. The van der Waals surface area contributed by atoms with Crippen molar-refractivity contribution in [3.63, 3.8) is 0 Å². The number of rotatable bonds is 2. The molecule has 1 N–H and O–H groups in total. The number of hydrogen-bond acceptors (Lipinski definition) is 2. The van der Waals surface area contributed by atoms with Gasteiger partial charge in [0.15, 0.2) is 0 Å². The molecule has 1 fully saturated rings. The van der Waals surface area contributed by atoms with Crippen molar-refractivity contribution in [2.75, 3.05) is 5.32 Å².